The number of amides is 2. The van der Waals surface area contributed by atoms with Gasteiger partial charge in [0, 0.05) is 58.8 Å². The molecule has 3 rings (SSSR count). The molecule has 0 spiro atoms. The number of halogens is 2. The van der Waals surface area contributed by atoms with Crippen LogP contribution in [0.15, 0.2) is 0 Å². The van der Waals surface area contributed by atoms with Crippen LogP contribution in [0.5, 0.6) is 0 Å². The molecular formula is C16H30Cl2N4O3. The molecule has 0 aromatic carbocycles. The summed E-state index contributed by atoms with van der Waals surface area (Å²) < 4.78 is 5.34. The third-order valence-corrected chi connectivity index (χ3v) is 5.28. The number of carbonyl (C=O) groups excluding carboxylic acids is 2. The molecule has 7 nitrogen and oxygen atoms in total. The fourth-order valence-electron chi connectivity index (χ4n) is 3.68. The van der Waals surface area contributed by atoms with Gasteiger partial charge in [-0.15, -0.1) is 24.8 Å². The van der Waals surface area contributed by atoms with Gasteiger partial charge in [0.25, 0.3) is 0 Å². The maximum absolute atomic E-state index is 12.6. The van der Waals surface area contributed by atoms with Crippen molar-refractivity contribution in [3.05, 3.63) is 0 Å². The van der Waals surface area contributed by atoms with Gasteiger partial charge in [0.15, 0.2) is 0 Å². The van der Waals surface area contributed by atoms with Crippen molar-refractivity contribution in [3.63, 3.8) is 0 Å². The molecule has 0 aromatic heterocycles. The van der Waals surface area contributed by atoms with E-state index >= 15 is 0 Å². The Hall–Kier alpha value is -0.600. The van der Waals surface area contributed by atoms with Gasteiger partial charge in [-0.3, -0.25) is 14.5 Å². The highest BCUT2D eigenvalue weighted by Gasteiger charge is 2.37. The summed E-state index contributed by atoms with van der Waals surface area (Å²) in [6, 6.07) is 0.278. The second-order valence-corrected chi connectivity index (χ2v) is 6.79. The zero-order valence-electron chi connectivity index (χ0n) is 14.8. The summed E-state index contributed by atoms with van der Waals surface area (Å²) in [5, 5.41) is 3.29. The first-order chi connectivity index (χ1) is 11.1. The van der Waals surface area contributed by atoms with Crippen LogP contribution in [0, 0.1) is 5.92 Å². The molecular weight excluding hydrogens is 367 g/mol. The molecule has 3 heterocycles. The van der Waals surface area contributed by atoms with Gasteiger partial charge in [0.1, 0.15) is 0 Å². The van der Waals surface area contributed by atoms with Crippen LogP contribution in [-0.4, -0.2) is 98.6 Å². The second kappa shape index (κ2) is 10.5. The van der Waals surface area contributed by atoms with Crippen LogP contribution in [0.1, 0.15) is 12.8 Å². The summed E-state index contributed by atoms with van der Waals surface area (Å²) in [5.74, 6) is 0.0771. The van der Waals surface area contributed by atoms with Gasteiger partial charge < -0.3 is 19.9 Å². The van der Waals surface area contributed by atoms with Gasteiger partial charge in [0.2, 0.25) is 11.8 Å². The highest BCUT2D eigenvalue weighted by atomic mass is 35.5. The highest BCUT2D eigenvalue weighted by molar-refractivity contribution is 5.89. The van der Waals surface area contributed by atoms with Crippen molar-refractivity contribution in [2.24, 2.45) is 5.92 Å². The number of hydrogen-bond donors (Lipinski definition) is 1. The molecule has 3 aliphatic rings. The second-order valence-electron chi connectivity index (χ2n) is 6.79. The lowest BCUT2D eigenvalue weighted by atomic mass is 10.1. The number of morpholine rings is 1. The molecule has 3 aliphatic heterocycles. The molecule has 3 saturated heterocycles. The summed E-state index contributed by atoms with van der Waals surface area (Å²) in [7, 11) is 1.88. The topological polar surface area (TPSA) is 65.1 Å². The van der Waals surface area contributed by atoms with Crippen molar-refractivity contribution in [1.29, 1.82) is 0 Å². The first-order valence-corrected chi connectivity index (χ1v) is 8.70. The summed E-state index contributed by atoms with van der Waals surface area (Å²) in [4.78, 5) is 30.9. The summed E-state index contributed by atoms with van der Waals surface area (Å²) in [6.45, 7) is 7.41. The van der Waals surface area contributed by atoms with Crippen LogP contribution in [-0.2, 0) is 14.3 Å². The predicted molar refractivity (Wildman–Crippen MR) is 100 cm³/mol. The van der Waals surface area contributed by atoms with Gasteiger partial charge in [-0.1, -0.05) is 0 Å². The Morgan fingerprint density at radius 1 is 1.28 bits per heavy atom. The van der Waals surface area contributed by atoms with Crippen LogP contribution in [0.3, 0.4) is 0 Å². The Bertz CT molecular complexity index is 443. The lowest BCUT2D eigenvalue weighted by molar-refractivity contribution is -0.136. The van der Waals surface area contributed by atoms with E-state index < -0.39 is 0 Å². The summed E-state index contributed by atoms with van der Waals surface area (Å²) in [5.41, 5.74) is 0. The normalized spacial score (nSPS) is 26.9. The molecule has 146 valence electrons. The molecule has 2 unspecified atom stereocenters. The van der Waals surface area contributed by atoms with E-state index in [9.17, 15) is 9.59 Å². The first-order valence-electron chi connectivity index (χ1n) is 8.70. The van der Waals surface area contributed by atoms with Crippen LogP contribution >= 0.6 is 24.8 Å². The number of nitrogens with zero attached hydrogens (tertiary/aromatic N) is 3. The number of carbonyl (C=O) groups is 2. The first kappa shape index (κ1) is 22.4. The van der Waals surface area contributed by atoms with Crippen molar-refractivity contribution >= 4 is 36.6 Å². The molecule has 0 aliphatic carbocycles. The molecule has 0 saturated carbocycles. The Morgan fingerprint density at radius 2 is 2.00 bits per heavy atom. The average molecular weight is 397 g/mol. The van der Waals surface area contributed by atoms with E-state index in [1.807, 2.05) is 16.8 Å². The van der Waals surface area contributed by atoms with Crippen molar-refractivity contribution < 1.29 is 14.3 Å². The quantitative estimate of drug-likeness (QED) is 0.698. The van der Waals surface area contributed by atoms with Gasteiger partial charge in [0.05, 0.1) is 19.1 Å². The third-order valence-electron chi connectivity index (χ3n) is 5.28. The van der Waals surface area contributed by atoms with Crippen molar-refractivity contribution in [2.75, 3.05) is 66.1 Å². The van der Waals surface area contributed by atoms with Gasteiger partial charge in [-0.05, 0) is 13.0 Å². The van der Waals surface area contributed by atoms with E-state index in [0.29, 0.717) is 13.0 Å². The number of ether oxygens (including phenoxy) is 1. The molecule has 25 heavy (non-hydrogen) atoms. The van der Waals surface area contributed by atoms with Crippen LogP contribution < -0.4 is 5.32 Å². The lowest BCUT2D eigenvalue weighted by Gasteiger charge is -2.29. The molecule has 0 aromatic rings. The largest absolute Gasteiger partial charge is 0.379 e. The molecule has 2 amide bonds. The predicted octanol–water partition coefficient (Wildman–Crippen LogP) is -0.169. The van der Waals surface area contributed by atoms with Gasteiger partial charge >= 0.3 is 0 Å². The smallest absolute Gasteiger partial charge is 0.228 e. The summed E-state index contributed by atoms with van der Waals surface area (Å²) >= 11 is 0. The van der Waals surface area contributed by atoms with E-state index in [1.54, 1.807) is 0 Å². The molecule has 0 bridgehead atoms. The van der Waals surface area contributed by atoms with E-state index in [2.05, 4.69) is 10.2 Å². The molecule has 9 heteroatoms. The monoisotopic (exact) mass is 396 g/mol. The Balaban J connectivity index is 0.00000156. The number of hydrogen-bond acceptors (Lipinski definition) is 5. The maximum atomic E-state index is 12.6. The molecule has 3 fully saturated rings. The van der Waals surface area contributed by atoms with Crippen LogP contribution in [0.25, 0.3) is 0 Å². The Morgan fingerprint density at radius 3 is 2.64 bits per heavy atom. The zero-order chi connectivity index (χ0) is 16.2. The fraction of sp³-hybridized carbons (Fsp3) is 0.875. The number of rotatable bonds is 5. The minimum absolute atomic E-state index is 0. The Labute approximate surface area is 162 Å². The maximum Gasteiger partial charge on any atom is 0.228 e. The van der Waals surface area contributed by atoms with Crippen molar-refractivity contribution in [3.8, 4) is 0 Å². The average Bonchev–Trinajstić information content (AvgIpc) is 3.22. The number of likely N-dealkylation sites (N-methyl/N-ethyl adjacent to an activating group) is 1. The minimum Gasteiger partial charge on any atom is -0.379 e. The SMILES string of the molecule is CN(C(=O)C1CC(=O)N(CCN2CCOCC2)C1)C1CCNC1.Cl.Cl. The highest BCUT2D eigenvalue weighted by Crippen LogP contribution is 2.21. The minimum atomic E-state index is -0.169. The van der Waals surface area contributed by atoms with Crippen LogP contribution in [0.4, 0.5) is 0 Å². The van der Waals surface area contributed by atoms with E-state index in [4.69, 9.17) is 4.74 Å². The third kappa shape index (κ3) is 5.69. The summed E-state index contributed by atoms with van der Waals surface area (Å²) in [6.07, 6.45) is 1.37. The number of likely N-dealkylation sites (tertiary alicyclic amines) is 1. The van der Waals surface area contributed by atoms with Crippen molar-refractivity contribution in [1.82, 2.24) is 20.0 Å². The zero-order valence-corrected chi connectivity index (χ0v) is 16.4. The van der Waals surface area contributed by atoms with Gasteiger partial charge in [-0.25, -0.2) is 0 Å². The van der Waals surface area contributed by atoms with E-state index in [-0.39, 0.29) is 48.6 Å². The van der Waals surface area contributed by atoms with E-state index in [0.717, 1.165) is 58.9 Å². The van der Waals surface area contributed by atoms with Crippen molar-refractivity contribution in [2.45, 2.75) is 18.9 Å². The molecule has 0 radical (unpaired) electrons. The van der Waals surface area contributed by atoms with E-state index in [1.165, 1.54) is 0 Å². The van der Waals surface area contributed by atoms with Crippen LogP contribution in [0.2, 0.25) is 0 Å². The number of nitrogens with one attached hydrogen (secondary N) is 1. The Kier molecular flexibility index (Phi) is 9.45. The van der Waals surface area contributed by atoms with Gasteiger partial charge in [-0.2, -0.15) is 0 Å². The fourth-order valence-corrected chi connectivity index (χ4v) is 3.68. The molecule has 1 N–H and O–H groups in total. The lowest BCUT2D eigenvalue weighted by Crippen LogP contribution is -2.43. The standard InChI is InChI=1S/C16H28N4O3.2ClH/c1-18(14-2-3-17-11-14)16(22)13-10-15(21)20(12-13)5-4-19-6-8-23-9-7-19;;/h13-14,17H,2-12H2,1H3;2*1H. The molecule has 2 atom stereocenters.